The van der Waals surface area contributed by atoms with Gasteiger partial charge in [0.2, 0.25) is 5.91 Å². The second-order valence-corrected chi connectivity index (χ2v) is 10.4. The van der Waals surface area contributed by atoms with Crippen molar-refractivity contribution in [3.63, 3.8) is 0 Å². The maximum atomic E-state index is 13.5. The molecule has 1 saturated heterocycles. The van der Waals surface area contributed by atoms with Crippen molar-refractivity contribution in [1.82, 2.24) is 14.7 Å². The molecule has 3 aliphatic rings. The Morgan fingerprint density at radius 2 is 1.73 bits per heavy atom. The fourth-order valence-electron chi connectivity index (χ4n) is 4.88. The summed E-state index contributed by atoms with van der Waals surface area (Å²) in [6.45, 7) is 7.32. The molecule has 8 heteroatoms. The first-order valence-electron chi connectivity index (χ1n) is 12.7. The number of esters is 1. The highest BCUT2D eigenvalue weighted by molar-refractivity contribution is 8.16. The maximum Gasteiger partial charge on any atom is 0.338 e. The minimum Gasteiger partial charge on any atom is -0.463 e. The highest BCUT2D eigenvalue weighted by Gasteiger charge is 2.42. The van der Waals surface area contributed by atoms with Crippen LogP contribution in [0.3, 0.4) is 0 Å². The van der Waals surface area contributed by atoms with Crippen molar-refractivity contribution in [2.45, 2.75) is 26.3 Å². The summed E-state index contributed by atoms with van der Waals surface area (Å²) >= 11 is 1.50. The van der Waals surface area contributed by atoms with Crippen molar-refractivity contribution in [2.24, 2.45) is 4.99 Å². The Balaban J connectivity index is 1.57. The van der Waals surface area contributed by atoms with Crippen LogP contribution in [0.2, 0.25) is 0 Å². The predicted octanol–water partition coefficient (Wildman–Crippen LogP) is 4.43. The molecule has 2 aromatic carbocycles. The molecule has 0 radical (unpaired) electrons. The molecule has 1 fully saturated rings. The number of piperazine rings is 1. The molecule has 2 aromatic rings. The van der Waals surface area contributed by atoms with E-state index in [9.17, 15) is 9.59 Å². The van der Waals surface area contributed by atoms with Crippen molar-refractivity contribution in [2.75, 3.05) is 39.8 Å². The Hall–Kier alpha value is -3.36. The van der Waals surface area contributed by atoms with Gasteiger partial charge in [-0.05, 0) is 31.9 Å². The van der Waals surface area contributed by atoms with Gasteiger partial charge in [-0.3, -0.25) is 4.79 Å². The summed E-state index contributed by atoms with van der Waals surface area (Å²) in [5.41, 5.74) is 4.90. The molecule has 1 atom stereocenters. The zero-order chi connectivity index (χ0) is 25.9. The normalized spacial score (nSPS) is 19.9. The average molecular weight is 517 g/mol. The minimum atomic E-state index is -0.455. The van der Waals surface area contributed by atoms with Crippen LogP contribution in [0.25, 0.3) is 5.70 Å². The van der Waals surface area contributed by atoms with Crippen LogP contribution < -0.4 is 0 Å². The van der Waals surface area contributed by atoms with Gasteiger partial charge in [0, 0.05) is 37.4 Å². The number of rotatable bonds is 6. The molecule has 0 aliphatic carbocycles. The molecule has 5 rings (SSSR count). The summed E-state index contributed by atoms with van der Waals surface area (Å²) < 4.78 is 5.58. The van der Waals surface area contributed by atoms with Gasteiger partial charge in [0.15, 0.2) is 5.17 Å². The molecule has 0 saturated carbocycles. The van der Waals surface area contributed by atoms with Gasteiger partial charge in [-0.2, -0.15) is 0 Å². The molecule has 0 aromatic heterocycles. The molecule has 37 heavy (non-hydrogen) atoms. The van der Waals surface area contributed by atoms with E-state index in [1.807, 2.05) is 78.8 Å². The van der Waals surface area contributed by atoms with Crippen LogP contribution in [0.15, 0.2) is 76.3 Å². The van der Waals surface area contributed by atoms with Gasteiger partial charge in [0.05, 0.1) is 30.3 Å². The molecule has 3 heterocycles. The second kappa shape index (κ2) is 10.9. The zero-order valence-corrected chi connectivity index (χ0v) is 22.3. The van der Waals surface area contributed by atoms with Gasteiger partial charge in [-0.1, -0.05) is 71.9 Å². The van der Waals surface area contributed by atoms with Gasteiger partial charge in [-0.25, -0.2) is 9.79 Å². The number of amidine groups is 1. The fraction of sp³-hybridized carbons (Fsp3) is 0.345. The number of carbonyl (C=O) groups excluding carboxylic acids is 2. The largest absolute Gasteiger partial charge is 0.463 e. The molecule has 0 unspecified atom stereocenters. The number of fused-ring (bicyclic) bond motifs is 1. The number of ether oxygens (including phenoxy) is 1. The summed E-state index contributed by atoms with van der Waals surface area (Å²) in [6, 6.07) is 17.5. The molecular weight excluding hydrogens is 484 g/mol. The van der Waals surface area contributed by atoms with Crippen molar-refractivity contribution in [1.29, 1.82) is 0 Å². The first-order chi connectivity index (χ1) is 18.0. The third-order valence-corrected chi connectivity index (χ3v) is 7.82. The topological polar surface area (TPSA) is 65.5 Å². The van der Waals surface area contributed by atoms with Crippen molar-refractivity contribution >= 4 is 34.5 Å². The number of carbonyl (C=O) groups is 2. The van der Waals surface area contributed by atoms with E-state index >= 15 is 0 Å². The minimum absolute atomic E-state index is 0.0966. The Bertz CT molecular complexity index is 1260. The van der Waals surface area contributed by atoms with Crippen LogP contribution in [0.5, 0.6) is 0 Å². The van der Waals surface area contributed by atoms with Crippen molar-refractivity contribution in [3.8, 4) is 0 Å². The number of aliphatic imine (C=N–C) groups is 1. The Kier molecular flexibility index (Phi) is 7.48. The van der Waals surface area contributed by atoms with E-state index in [2.05, 4.69) is 16.8 Å². The van der Waals surface area contributed by atoms with E-state index in [0.29, 0.717) is 11.3 Å². The molecule has 1 amide bonds. The Morgan fingerprint density at radius 3 is 2.41 bits per heavy atom. The van der Waals surface area contributed by atoms with Crippen molar-refractivity contribution in [3.05, 3.63) is 88.0 Å². The van der Waals surface area contributed by atoms with Gasteiger partial charge in [0.1, 0.15) is 0 Å². The fourth-order valence-corrected chi connectivity index (χ4v) is 5.79. The number of thioether (sulfide) groups is 1. The summed E-state index contributed by atoms with van der Waals surface area (Å²) in [4.78, 5) is 38.1. The second-order valence-electron chi connectivity index (χ2n) is 9.51. The highest BCUT2D eigenvalue weighted by Crippen LogP contribution is 2.47. The molecule has 0 N–H and O–H groups in total. The lowest BCUT2D eigenvalue weighted by atomic mass is 9.91. The van der Waals surface area contributed by atoms with Gasteiger partial charge < -0.3 is 19.4 Å². The molecule has 0 spiro atoms. The lowest BCUT2D eigenvalue weighted by molar-refractivity contribution is -0.139. The number of amides is 1. The van der Waals surface area contributed by atoms with Gasteiger partial charge >= 0.3 is 5.97 Å². The number of aryl methyl sites for hydroxylation is 1. The van der Waals surface area contributed by atoms with Crippen molar-refractivity contribution < 1.29 is 14.3 Å². The smallest absolute Gasteiger partial charge is 0.338 e. The Labute approximate surface area is 222 Å². The first-order valence-corrected chi connectivity index (χ1v) is 13.6. The van der Waals surface area contributed by atoms with Gasteiger partial charge in [0.25, 0.3) is 0 Å². The molecule has 3 aliphatic heterocycles. The summed E-state index contributed by atoms with van der Waals surface area (Å²) in [7, 11) is 2.08. The SMILES string of the molecule is CCOC(=O)C1=C(c2ccccc2)N=C2SC=C(CC(=O)N3CCN(C)CC3)N2[C@@H]1c1ccc(C)cc1. The first kappa shape index (κ1) is 25.3. The molecule has 7 nitrogen and oxygen atoms in total. The van der Waals surface area contributed by atoms with Crippen LogP contribution in [0, 0.1) is 6.92 Å². The number of benzene rings is 2. The van der Waals surface area contributed by atoms with Crippen LogP contribution in [-0.2, 0) is 14.3 Å². The highest BCUT2D eigenvalue weighted by atomic mass is 32.2. The zero-order valence-electron chi connectivity index (χ0n) is 21.5. The third kappa shape index (κ3) is 5.22. The number of hydrogen-bond acceptors (Lipinski definition) is 7. The predicted molar refractivity (Wildman–Crippen MR) is 148 cm³/mol. The summed E-state index contributed by atoms with van der Waals surface area (Å²) in [5.74, 6) is -0.296. The molecule has 192 valence electrons. The van der Waals surface area contributed by atoms with E-state index < -0.39 is 12.0 Å². The lowest BCUT2D eigenvalue weighted by Gasteiger charge is -2.38. The molecule has 0 bridgehead atoms. The van der Waals surface area contributed by atoms with E-state index in [-0.39, 0.29) is 18.9 Å². The number of hydrogen-bond donors (Lipinski definition) is 0. The van der Waals surface area contributed by atoms with Crippen LogP contribution in [0.4, 0.5) is 0 Å². The standard InChI is InChI=1S/C29H32N4O3S/c1-4-36-28(35)25-26(21-8-6-5-7-9-21)30-29-33(27(25)22-12-10-20(2)11-13-22)23(19-37-29)18-24(34)32-16-14-31(3)15-17-32/h5-13,19,27H,4,14-18H2,1-3H3/t27-/m1/s1. The van der Waals surface area contributed by atoms with Crippen LogP contribution >= 0.6 is 11.8 Å². The van der Waals surface area contributed by atoms with E-state index in [4.69, 9.17) is 9.73 Å². The molecular formula is C29H32N4O3S. The average Bonchev–Trinajstić information content (AvgIpc) is 3.31. The third-order valence-electron chi connectivity index (χ3n) is 6.93. The van der Waals surface area contributed by atoms with Crippen LogP contribution in [-0.4, -0.2) is 71.6 Å². The van der Waals surface area contributed by atoms with Gasteiger partial charge in [-0.15, -0.1) is 0 Å². The van der Waals surface area contributed by atoms with Crippen LogP contribution in [0.1, 0.15) is 36.1 Å². The quantitative estimate of drug-likeness (QED) is 0.529. The number of likely N-dealkylation sites (N-methyl/N-ethyl adjacent to an activating group) is 1. The summed E-state index contributed by atoms with van der Waals surface area (Å²) in [6.07, 6.45) is 0.259. The number of nitrogens with zero attached hydrogens (tertiary/aromatic N) is 4. The monoisotopic (exact) mass is 516 g/mol. The van der Waals surface area contributed by atoms with E-state index in [1.54, 1.807) is 0 Å². The van der Waals surface area contributed by atoms with E-state index in [0.717, 1.165) is 53.7 Å². The summed E-state index contributed by atoms with van der Waals surface area (Å²) in [5, 5.41) is 2.77. The van der Waals surface area contributed by atoms with E-state index in [1.165, 1.54) is 11.8 Å². The maximum absolute atomic E-state index is 13.5. The Morgan fingerprint density at radius 1 is 1.03 bits per heavy atom. The lowest BCUT2D eigenvalue weighted by Crippen LogP contribution is -2.47.